The molecule has 18 heavy (non-hydrogen) atoms. The Kier molecular flexibility index (Phi) is 3.58. The quantitative estimate of drug-likeness (QED) is 0.775. The molecule has 0 aromatic carbocycles. The lowest BCUT2D eigenvalue weighted by molar-refractivity contribution is 0.541. The SMILES string of the molecule is CC(C)(C)c1cc(Cl)nn1-c1ncc(Cl)cc1Cl. The minimum atomic E-state index is -0.120. The number of halogens is 3. The molecule has 2 aromatic rings. The van der Waals surface area contributed by atoms with Crippen LogP contribution in [0.4, 0.5) is 0 Å². The Balaban J connectivity index is 2.64. The van der Waals surface area contributed by atoms with Crippen molar-refractivity contribution in [3.63, 3.8) is 0 Å². The first-order valence-corrected chi connectivity index (χ1v) is 6.50. The Hall–Kier alpha value is -0.770. The molecule has 0 amide bonds. The fraction of sp³-hybridized carbons (Fsp3) is 0.333. The lowest BCUT2D eigenvalue weighted by Crippen LogP contribution is -2.18. The van der Waals surface area contributed by atoms with Crippen LogP contribution in [0.5, 0.6) is 0 Å². The van der Waals surface area contributed by atoms with Gasteiger partial charge >= 0.3 is 0 Å². The Morgan fingerprint density at radius 3 is 2.33 bits per heavy atom. The summed E-state index contributed by atoms with van der Waals surface area (Å²) in [5.41, 5.74) is 0.814. The van der Waals surface area contributed by atoms with E-state index in [1.807, 2.05) is 6.07 Å². The molecule has 0 radical (unpaired) electrons. The van der Waals surface area contributed by atoms with Crippen LogP contribution < -0.4 is 0 Å². The van der Waals surface area contributed by atoms with Crippen molar-refractivity contribution in [2.75, 3.05) is 0 Å². The van der Waals surface area contributed by atoms with Crippen LogP contribution in [0.1, 0.15) is 26.5 Å². The van der Waals surface area contributed by atoms with Crippen molar-refractivity contribution >= 4 is 34.8 Å². The zero-order valence-electron chi connectivity index (χ0n) is 10.2. The molecule has 3 nitrogen and oxygen atoms in total. The molecule has 2 aromatic heterocycles. The zero-order valence-corrected chi connectivity index (χ0v) is 12.5. The molecule has 0 saturated carbocycles. The van der Waals surface area contributed by atoms with Crippen LogP contribution in [0, 0.1) is 0 Å². The fourth-order valence-corrected chi connectivity index (χ4v) is 2.25. The molecule has 0 fully saturated rings. The van der Waals surface area contributed by atoms with Crippen LogP contribution in [-0.2, 0) is 5.41 Å². The maximum absolute atomic E-state index is 6.14. The van der Waals surface area contributed by atoms with Crippen molar-refractivity contribution in [1.29, 1.82) is 0 Å². The van der Waals surface area contributed by atoms with Crippen LogP contribution in [0.3, 0.4) is 0 Å². The highest BCUT2D eigenvalue weighted by Crippen LogP contribution is 2.30. The minimum absolute atomic E-state index is 0.120. The summed E-state index contributed by atoms with van der Waals surface area (Å²) in [5.74, 6) is 0.526. The van der Waals surface area contributed by atoms with Gasteiger partial charge in [-0.15, -0.1) is 0 Å². The summed E-state index contributed by atoms with van der Waals surface area (Å²) in [4.78, 5) is 4.21. The summed E-state index contributed by atoms with van der Waals surface area (Å²) in [6.07, 6.45) is 1.53. The highest BCUT2D eigenvalue weighted by Gasteiger charge is 2.23. The van der Waals surface area contributed by atoms with Gasteiger partial charge in [0, 0.05) is 11.6 Å². The molecule has 0 aliphatic carbocycles. The van der Waals surface area contributed by atoms with Crippen LogP contribution >= 0.6 is 34.8 Å². The van der Waals surface area contributed by atoms with Gasteiger partial charge < -0.3 is 0 Å². The van der Waals surface area contributed by atoms with Crippen LogP contribution in [0.15, 0.2) is 18.3 Å². The summed E-state index contributed by atoms with van der Waals surface area (Å²) in [6.45, 7) is 6.21. The van der Waals surface area contributed by atoms with Gasteiger partial charge in [0.1, 0.15) is 0 Å². The molecule has 2 heterocycles. The monoisotopic (exact) mass is 303 g/mol. The molecule has 2 rings (SSSR count). The highest BCUT2D eigenvalue weighted by molar-refractivity contribution is 6.35. The zero-order chi connectivity index (χ0) is 13.5. The molecule has 96 valence electrons. The van der Waals surface area contributed by atoms with Gasteiger partial charge in [-0.3, -0.25) is 0 Å². The van der Waals surface area contributed by atoms with E-state index in [-0.39, 0.29) is 5.41 Å². The van der Waals surface area contributed by atoms with Crippen molar-refractivity contribution in [3.8, 4) is 5.82 Å². The largest absolute Gasteiger partial charge is 0.234 e. The fourth-order valence-electron chi connectivity index (χ4n) is 1.61. The first-order valence-electron chi connectivity index (χ1n) is 5.36. The number of pyridine rings is 1. The third-order valence-corrected chi connectivity index (χ3v) is 3.11. The molecule has 0 aliphatic heterocycles. The van der Waals surface area contributed by atoms with Gasteiger partial charge in [-0.1, -0.05) is 55.6 Å². The van der Waals surface area contributed by atoms with Gasteiger partial charge in [0.05, 0.1) is 15.7 Å². The van der Waals surface area contributed by atoms with Gasteiger partial charge in [0.15, 0.2) is 11.0 Å². The van der Waals surface area contributed by atoms with Gasteiger partial charge in [0.2, 0.25) is 0 Å². The molecule has 0 N–H and O–H groups in total. The smallest absolute Gasteiger partial charge is 0.172 e. The highest BCUT2D eigenvalue weighted by atomic mass is 35.5. The average Bonchev–Trinajstić information content (AvgIpc) is 2.59. The van der Waals surface area contributed by atoms with Gasteiger partial charge in [-0.2, -0.15) is 5.10 Å². The van der Waals surface area contributed by atoms with Crippen molar-refractivity contribution in [3.05, 3.63) is 39.2 Å². The van der Waals surface area contributed by atoms with E-state index in [1.165, 1.54) is 6.20 Å². The Bertz CT molecular complexity index is 585. The summed E-state index contributed by atoms with van der Waals surface area (Å²) >= 11 is 18.0. The van der Waals surface area contributed by atoms with Crippen molar-refractivity contribution in [2.45, 2.75) is 26.2 Å². The second kappa shape index (κ2) is 4.72. The van der Waals surface area contributed by atoms with Gasteiger partial charge in [-0.05, 0) is 12.1 Å². The number of nitrogens with zero attached hydrogens (tertiary/aromatic N) is 3. The topological polar surface area (TPSA) is 30.7 Å². The Morgan fingerprint density at radius 1 is 1.11 bits per heavy atom. The normalized spacial score (nSPS) is 11.9. The van der Waals surface area contributed by atoms with Crippen molar-refractivity contribution < 1.29 is 0 Å². The lowest BCUT2D eigenvalue weighted by atomic mass is 9.92. The Morgan fingerprint density at radius 2 is 1.78 bits per heavy atom. The van der Waals surface area contributed by atoms with E-state index < -0.39 is 0 Å². The van der Waals surface area contributed by atoms with E-state index in [1.54, 1.807) is 10.7 Å². The number of hydrogen-bond donors (Lipinski definition) is 0. The summed E-state index contributed by atoms with van der Waals surface area (Å²) in [7, 11) is 0. The molecule has 0 unspecified atom stereocenters. The minimum Gasteiger partial charge on any atom is -0.234 e. The molecular formula is C12H12Cl3N3. The second-order valence-corrected chi connectivity index (χ2v) is 6.20. The Labute approximate surface area is 121 Å². The maximum Gasteiger partial charge on any atom is 0.172 e. The molecule has 0 spiro atoms. The standard InChI is InChI=1S/C12H12Cl3N3/c1-12(2,3)9-5-10(15)17-18(9)11-8(14)4-7(13)6-16-11/h4-6H,1-3H3. The summed E-state index contributed by atoms with van der Waals surface area (Å²) in [6, 6.07) is 3.45. The molecule has 0 bridgehead atoms. The van der Waals surface area contributed by atoms with Gasteiger partial charge in [0.25, 0.3) is 0 Å². The van der Waals surface area contributed by atoms with Crippen LogP contribution in [-0.4, -0.2) is 14.8 Å². The van der Waals surface area contributed by atoms with Crippen LogP contribution in [0.2, 0.25) is 15.2 Å². The molecular weight excluding hydrogens is 293 g/mol. The first-order chi connectivity index (χ1) is 8.29. The average molecular weight is 305 g/mol. The summed E-state index contributed by atoms with van der Waals surface area (Å²) < 4.78 is 1.65. The third kappa shape index (κ3) is 2.63. The van der Waals surface area contributed by atoms with E-state index in [9.17, 15) is 0 Å². The van der Waals surface area contributed by atoms with Crippen molar-refractivity contribution in [1.82, 2.24) is 14.8 Å². The maximum atomic E-state index is 6.14. The van der Waals surface area contributed by atoms with Crippen LogP contribution in [0.25, 0.3) is 5.82 Å². The second-order valence-electron chi connectivity index (χ2n) is 4.97. The number of aromatic nitrogens is 3. The molecule has 0 saturated heterocycles. The molecule has 0 atom stereocenters. The van der Waals surface area contributed by atoms with E-state index in [0.29, 0.717) is 21.0 Å². The first kappa shape index (κ1) is 13.7. The van der Waals surface area contributed by atoms with Crippen molar-refractivity contribution in [2.24, 2.45) is 0 Å². The number of hydrogen-bond acceptors (Lipinski definition) is 2. The van der Waals surface area contributed by atoms with E-state index in [2.05, 4.69) is 30.9 Å². The predicted octanol–water partition coefficient (Wildman–Crippen LogP) is 4.53. The van der Waals surface area contributed by atoms with E-state index >= 15 is 0 Å². The van der Waals surface area contributed by atoms with Gasteiger partial charge in [-0.25, -0.2) is 9.67 Å². The molecule has 0 aliphatic rings. The summed E-state index contributed by atoms with van der Waals surface area (Å²) in [5, 5.41) is 5.56. The third-order valence-electron chi connectivity index (χ3n) is 2.44. The lowest BCUT2D eigenvalue weighted by Gasteiger charge is -2.20. The number of rotatable bonds is 1. The predicted molar refractivity (Wildman–Crippen MR) is 75.1 cm³/mol. The van der Waals surface area contributed by atoms with E-state index in [4.69, 9.17) is 34.8 Å². The van der Waals surface area contributed by atoms with E-state index in [0.717, 1.165) is 5.69 Å². The molecule has 6 heteroatoms.